The molecule has 1 aromatic rings. The zero-order valence-electron chi connectivity index (χ0n) is 16.0. The second-order valence-corrected chi connectivity index (χ2v) is 6.74. The number of unbranched alkanes of at least 4 members (excludes halogenated alkanes) is 1. The molecule has 0 spiro atoms. The number of ether oxygens (including phenoxy) is 2. The number of carbonyl (C=O) groups is 1. The topological polar surface area (TPSA) is 71.3 Å². The highest BCUT2D eigenvalue weighted by Crippen LogP contribution is 2.26. The third-order valence-corrected chi connectivity index (χ3v) is 3.87. The molecule has 1 atom stereocenters. The molecule has 0 aliphatic rings. The van der Waals surface area contributed by atoms with Gasteiger partial charge in [0, 0.05) is 6.61 Å². The highest BCUT2D eigenvalue weighted by atomic mass is 16.5. The molecule has 0 bridgehead atoms. The summed E-state index contributed by atoms with van der Waals surface area (Å²) in [5.74, 6) is 0.712. The lowest BCUT2D eigenvalue weighted by Crippen LogP contribution is -2.44. The van der Waals surface area contributed by atoms with E-state index in [1.54, 1.807) is 25.1 Å². The Morgan fingerprint density at radius 2 is 2.08 bits per heavy atom. The summed E-state index contributed by atoms with van der Waals surface area (Å²) in [4.78, 5) is 12.7. The fourth-order valence-corrected chi connectivity index (χ4v) is 2.72. The molecule has 0 radical (unpaired) electrons. The number of carbonyl (C=O) groups excluding carboxylic acids is 1. The lowest BCUT2D eigenvalue weighted by atomic mass is 9.93. The smallest absolute Gasteiger partial charge is 0.256 e. The van der Waals surface area contributed by atoms with Crippen molar-refractivity contribution in [2.75, 3.05) is 18.5 Å². The third kappa shape index (κ3) is 6.39. The molecule has 25 heavy (non-hydrogen) atoms. The molecule has 0 aromatic heterocycles. The fraction of sp³-hybridized carbons (Fsp3) is 0.600. The second-order valence-electron chi connectivity index (χ2n) is 6.74. The number of hydrogen-bond donors (Lipinski definition) is 1. The Hall–Kier alpha value is -2.06. The zero-order chi connectivity index (χ0) is 18.9. The van der Waals surface area contributed by atoms with E-state index in [-0.39, 0.29) is 5.91 Å². The Kier molecular flexibility index (Phi) is 8.44. The van der Waals surface area contributed by atoms with Crippen molar-refractivity contribution in [2.24, 2.45) is 5.92 Å². The summed E-state index contributed by atoms with van der Waals surface area (Å²) in [7, 11) is 0. The van der Waals surface area contributed by atoms with Crippen molar-refractivity contribution in [3.63, 3.8) is 0 Å². The third-order valence-electron chi connectivity index (χ3n) is 3.87. The van der Waals surface area contributed by atoms with E-state index in [0.29, 0.717) is 42.6 Å². The minimum Gasteiger partial charge on any atom is -0.494 e. The van der Waals surface area contributed by atoms with Crippen LogP contribution in [-0.2, 0) is 9.53 Å². The molecule has 0 aliphatic carbocycles. The highest BCUT2D eigenvalue weighted by Gasteiger charge is 2.35. The van der Waals surface area contributed by atoms with Crippen molar-refractivity contribution >= 4 is 11.6 Å². The summed E-state index contributed by atoms with van der Waals surface area (Å²) >= 11 is 0. The van der Waals surface area contributed by atoms with Crippen LogP contribution in [0.25, 0.3) is 0 Å². The van der Waals surface area contributed by atoms with Crippen LogP contribution >= 0.6 is 0 Å². The van der Waals surface area contributed by atoms with Crippen LogP contribution in [0.4, 0.5) is 5.69 Å². The van der Waals surface area contributed by atoms with E-state index < -0.39 is 5.60 Å². The molecule has 0 heterocycles. The van der Waals surface area contributed by atoms with Gasteiger partial charge >= 0.3 is 0 Å². The van der Waals surface area contributed by atoms with E-state index in [2.05, 4.69) is 18.3 Å². The summed E-state index contributed by atoms with van der Waals surface area (Å²) < 4.78 is 11.3. The van der Waals surface area contributed by atoms with Crippen molar-refractivity contribution < 1.29 is 14.3 Å². The van der Waals surface area contributed by atoms with Crippen LogP contribution in [0.2, 0.25) is 0 Å². The first-order valence-electron chi connectivity index (χ1n) is 8.98. The van der Waals surface area contributed by atoms with Gasteiger partial charge in [0.15, 0.2) is 0 Å². The Morgan fingerprint density at radius 3 is 2.64 bits per heavy atom. The van der Waals surface area contributed by atoms with E-state index in [0.717, 1.165) is 12.8 Å². The molecule has 0 fully saturated rings. The summed E-state index contributed by atoms with van der Waals surface area (Å²) in [5, 5.41) is 12.2. The minimum absolute atomic E-state index is 0.237. The van der Waals surface area contributed by atoms with Gasteiger partial charge in [0.25, 0.3) is 5.91 Å². The first-order chi connectivity index (χ1) is 11.9. The highest BCUT2D eigenvalue weighted by molar-refractivity contribution is 5.98. The molecule has 0 aliphatic heterocycles. The maximum absolute atomic E-state index is 12.7. The fourth-order valence-electron chi connectivity index (χ4n) is 2.72. The first-order valence-corrected chi connectivity index (χ1v) is 8.98. The molecule has 1 rings (SSSR count). The lowest BCUT2D eigenvalue weighted by Gasteiger charge is -2.30. The molecule has 138 valence electrons. The predicted molar refractivity (Wildman–Crippen MR) is 99.7 cm³/mol. The van der Waals surface area contributed by atoms with Crippen LogP contribution in [0, 0.1) is 17.2 Å². The van der Waals surface area contributed by atoms with Gasteiger partial charge in [0.05, 0.1) is 17.9 Å². The Bertz CT molecular complexity index is 607. The molecule has 1 N–H and O–H groups in total. The second kappa shape index (κ2) is 10.0. The molecule has 5 heteroatoms. The van der Waals surface area contributed by atoms with E-state index in [9.17, 15) is 10.1 Å². The van der Waals surface area contributed by atoms with Crippen LogP contribution in [0.15, 0.2) is 18.2 Å². The zero-order valence-corrected chi connectivity index (χ0v) is 16.0. The maximum atomic E-state index is 12.7. The average molecular weight is 346 g/mol. The number of nitrogens with one attached hydrogen (secondary N) is 1. The number of nitrogens with zero attached hydrogens (tertiary/aromatic N) is 1. The monoisotopic (exact) mass is 346 g/mol. The van der Waals surface area contributed by atoms with E-state index in [4.69, 9.17) is 9.47 Å². The van der Waals surface area contributed by atoms with Crippen LogP contribution in [0.1, 0.15) is 59.4 Å². The van der Waals surface area contributed by atoms with E-state index >= 15 is 0 Å². The SMILES string of the molecule is CCCCOc1ccc(NC(=O)C(C)(CC(C)C)OCC)c(C#N)c1. The van der Waals surface area contributed by atoms with Gasteiger partial charge < -0.3 is 14.8 Å². The molecule has 5 nitrogen and oxygen atoms in total. The standard InChI is InChI=1S/C20H30N2O3/c1-6-8-11-24-17-9-10-18(16(12-17)14-21)22-19(23)20(5,25-7-2)13-15(3)4/h9-10,12,15H,6-8,11,13H2,1-5H3,(H,22,23). The molecule has 1 unspecified atom stereocenters. The molecular formula is C20H30N2O3. The van der Waals surface area contributed by atoms with Crippen LogP contribution in [-0.4, -0.2) is 24.7 Å². The quantitative estimate of drug-likeness (QED) is 0.632. The first kappa shape index (κ1) is 21.0. The van der Waals surface area contributed by atoms with E-state index in [1.165, 1.54) is 0 Å². The van der Waals surface area contributed by atoms with Crippen molar-refractivity contribution in [3.05, 3.63) is 23.8 Å². The number of rotatable bonds is 10. The number of benzene rings is 1. The molecule has 1 aromatic carbocycles. The van der Waals surface area contributed by atoms with Crippen molar-refractivity contribution in [3.8, 4) is 11.8 Å². The van der Waals surface area contributed by atoms with Gasteiger partial charge in [-0.2, -0.15) is 5.26 Å². The largest absolute Gasteiger partial charge is 0.494 e. The number of amides is 1. The number of hydrogen-bond acceptors (Lipinski definition) is 4. The maximum Gasteiger partial charge on any atom is 0.256 e. The van der Waals surface area contributed by atoms with Crippen LogP contribution in [0.5, 0.6) is 5.75 Å². The van der Waals surface area contributed by atoms with Gasteiger partial charge in [-0.15, -0.1) is 0 Å². The van der Waals surface area contributed by atoms with Crippen LogP contribution in [0.3, 0.4) is 0 Å². The normalized spacial score (nSPS) is 13.2. The molecular weight excluding hydrogens is 316 g/mol. The molecule has 0 saturated carbocycles. The predicted octanol–water partition coefficient (Wildman–Crippen LogP) is 4.52. The van der Waals surface area contributed by atoms with Gasteiger partial charge in [-0.1, -0.05) is 27.2 Å². The van der Waals surface area contributed by atoms with Gasteiger partial charge in [0.1, 0.15) is 17.4 Å². The molecule has 1 amide bonds. The van der Waals surface area contributed by atoms with Crippen molar-refractivity contribution in [2.45, 2.75) is 59.5 Å². The lowest BCUT2D eigenvalue weighted by molar-refractivity contribution is -0.140. The summed E-state index contributed by atoms with van der Waals surface area (Å²) in [6, 6.07) is 7.26. The Labute approximate surface area is 151 Å². The van der Waals surface area contributed by atoms with Crippen molar-refractivity contribution in [1.82, 2.24) is 0 Å². The Morgan fingerprint density at radius 1 is 1.36 bits per heavy atom. The number of anilines is 1. The minimum atomic E-state index is -0.925. The molecule has 0 saturated heterocycles. The van der Waals surface area contributed by atoms with Gasteiger partial charge in [0.2, 0.25) is 0 Å². The summed E-state index contributed by atoms with van der Waals surface area (Å²) in [6.45, 7) is 10.9. The van der Waals surface area contributed by atoms with Gasteiger partial charge in [-0.3, -0.25) is 4.79 Å². The van der Waals surface area contributed by atoms with Gasteiger partial charge in [-0.05, 0) is 50.8 Å². The average Bonchev–Trinajstić information content (AvgIpc) is 2.55. The van der Waals surface area contributed by atoms with E-state index in [1.807, 2.05) is 20.8 Å². The Balaban J connectivity index is 2.93. The number of nitriles is 1. The van der Waals surface area contributed by atoms with Crippen molar-refractivity contribution in [1.29, 1.82) is 5.26 Å². The summed E-state index contributed by atoms with van der Waals surface area (Å²) in [5.41, 5.74) is -0.0675. The summed E-state index contributed by atoms with van der Waals surface area (Å²) in [6.07, 6.45) is 2.61. The van der Waals surface area contributed by atoms with Crippen LogP contribution < -0.4 is 10.1 Å². The van der Waals surface area contributed by atoms with Gasteiger partial charge in [-0.25, -0.2) is 0 Å².